The van der Waals surface area contributed by atoms with Gasteiger partial charge in [0.1, 0.15) is 5.69 Å². The highest BCUT2D eigenvalue weighted by atomic mass is 16.5. The summed E-state index contributed by atoms with van der Waals surface area (Å²) in [5, 5.41) is 0. The third-order valence-corrected chi connectivity index (χ3v) is 3.24. The predicted octanol–water partition coefficient (Wildman–Crippen LogP) is 1.01. The molecule has 19 heavy (non-hydrogen) atoms. The van der Waals surface area contributed by atoms with Crippen LogP contribution in [0.3, 0.4) is 0 Å². The van der Waals surface area contributed by atoms with Gasteiger partial charge in [-0.15, -0.1) is 0 Å². The summed E-state index contributed by atoms with van der Waals surface area (Å²) in [5.74, 6) is 5.27. The molecule has 3 N–H and O–H groups in total. The minimum atomic E-state index is -0.0685. The standard InChI is InChI=1S/C13H20N4O2/c1-2-11-9-17(6-3-7-19-11)13(18)12-8-10(16-14)4-5-15-12/h4-5,8,11H,2-3,6-7,9,14H2,1H3,(H,15,16). The van der Waals surface area contributed by atoms with E-state index in [1.54, 1.807) is 18.3 Å². The fourth-order valence-corrected chi connectivity index (χ4v) is 2.13. The lowest BCUT2D eigenvalue weighted by atomic mass is 10.2. The van der Waals surface area contributed by atoms with Crippen LogP contribution in [0.15, 0.2) is 18.3 Å². The van der Waals surface area contributed by atoms with Crippen molar-refractivity contribution in [3.05, 3.63) is 24.0 Å². The predicted molar refractivity (Wildman–Crippen MR) is 72.6 cm³/mol. The highest BCUT2D eigenvalue weighted by Gasteiger charge is 2.23. The molecule has 0 bridgehead atoms. The number of carbonyl (C=O) groups excluding carboxylic acids is 1. The van der Waals surface area contributed by atoms with Gasteiger partial charge in [-0.2, -0.15) is 0 Å². The normalized spacial score (nSPS) is 19.9. The zero-order chi connectivity index (χ0) is 13.7. The average molecular weight is 264 g/mol. The molecule has 1 aliphatic rings. The van der Waals surface area contributed by atoms with Crippen LogP contribution in [0.2, 0.25) is 0 Å². The van der Waals surface area contributed by atoms with Gasteiger partial charge in [0.15, 0.2) is 0 Å². The van der Waals surface area contributed by atoms with Crippen LogP contribution in [0.25, 0.3) is 0 Å². The Morgan fingerprint density at radius 3 is 3.26 bits per heavy atom. The lowest BCUT2D eigenvalue weighted by Gasteiger charge is -2.23. The second-order valence-corrected chi connectivity index (χ2v) is 4.58. The second-order valence-electron chi connectivity index (χ2n) is 4.58. The van der Waals surface area contributed by atoms with Crippen LogP contribution in [-0.2, 0) is 4.74 Å². The first-order valence-corrected chi connectivity index (χ1v) is 6.58. The Labute approximate surface area is 112 Å². The third kappa shape index (κ3) is 3.42. The maximum Gasteiger partial charge on any atom is 0.272 e. The summed E-state index contributed by atoms with van der Waals surface area (Å²) in [4.78, 5) is 18.3. The number of nitrogens with zero attached hydrogens (tertiary/aromatic N) is 2. The largest absolute Gasteiger partial charge is 0.376 e. The van der Waals surface area contributed by atoms with Crippen LogP contribution < -0.4 is 11.3 Å². The monoisotopic (exact) mass is 264 g/mol. The number of hydrogen-bond acceptors (Lipinski definition) is 5. The minimum Gasteiger partial charge on any atom is -0.376 e. The van der Waals surface area contributed by atoms with Crippen molar-refractivity contribution < 1.29 is 9.53 Å². The van der Waals surface area contributed by atoms with E-state index in [-0.39, 0.29) is 12.0 Å². The SMILES string of the molecule is CCC1CN(C(=O)c2cc(NN)ccn2)CCCO1. The molecule has 6 nitrogen and oxygen atoms in total. The van der Waals surface area contributed by atoms with E-state index in [1.807, 2.05) is 4.90 Å². The minimum absolute atomic E-state index is 0.0685. The van der Waals surface area contributed by atoms with Gasteiger partial charge in [0.2, 0.25) is 0 Å². The van der Waals surface area contributed by atoms with Gasteiger partial charge < -0.3 is 15.1 Å². The number of hydrazine groups is 1. The Morgan fingerprint density at radius 2 is 2.53 bits per heavy atom. The Balaban J connectivity index is 2.12. The summed E-state index contributed by atoms with van der Waals surface area (Å²) in [6.45, 7) is 4.10. The van der Waals surface area contributed by atoms with Crippen molar-refractivity contribution in [1.29, 1.82) is 0 Å². The van der Waals surface area contributed by atoms with Crippen molar-refractivity contribution >= 4 is 11.6 Å². The van der Waals surface area contributed by atoms with Gasteiger partial charge in [0.25, 0.3) is 5.91 Å². The molecule has 6 heteroatoms. The van der Waals surface area contributed by atoms with Crippen LogP contribution in [0, 0.1) is 0 Å². The summed E-state index contributed by atoms with van der Waals surface area (Å²) in [7, 11) is 0. The van der Waals surface area contributed by atoms with Gasteiger partial charge >= 0.3 is 0 Å². The molecular formula is C13H20N4O2. The number of amides is 1. The maximum atomic E-state index is 12.4. The summed E-state index contributed by atoms with van der Waals surface area (Å²) in [6.07, 6.45) is 3.45. The topological polar surface area (TPSA) is 80.5 Å². The van der Waals surface area contributed by atoms with Crippen molar-refractivity contribution in [3.63, 3.8) is 0 Å². The lowest BCUT2D eigenvalue weighted by molar-refractivity contribution is 0.0458. The lowest BCUT2D eigenvalue weighted by Crippen LogP contribution is -2.37. The Morgan fingerprint density at radius 1 is 1.68 bits per heavy atom. The number of hydrogen-bond donors (Lipinski definition) is 2. The highest BCUT2D eigenvalue weighted by molar-refractivity contribution is 5.93. The molecule has 1 aliphatic heterocycles. The number of anilines is 1. The summed E-state index contributed by atoms with van der Waals surface area (Å²) in [5.41, 5.74) is 3.61. The Kier molecular flexibility index (Phi) is 4.70. The van der Waals surface area contributed by atoms with Gasteiger partial charge in [0.05, 0.1) is 11.8 Å². The van der Waals surface area contributed by atoms with Gasteiger partial charge in [-0.1, -0.05) is 6.92 Å². The molecule has 0 radical (unpaired) electrons. The molecule has 1 saturated heterocycles. The van der Waals surface area contributed by atoms with E-state index in [2.05, 4.69) is 17.3 Å². The third-order valence-electron chi connectivity index (χ3n) is 3.24. The molecule has 0 aliphatic carbocycles. The number of nitrogens with one attached hydrogen (secondary N) is 1. The second kappa shape index (κ2) is 6.49. The molecule has 0 spiro atoms. The number of aromatic nitrogens is 1. The van der Waals surface area contributed by atoms with Crippen LogP contribution in [0.5, 0.6) is 0 Å². The maximum absolute atomic E-state index is 12.4. The number of rotatable bonds is 3. The zero-order valence-corrected chi connectivity index (χ0v) is 11.1. The van der Waals surface area contributed by atoms with Crippen LogP contribution in [-0.4, -0.2) is 41.6 Å². The van der Waals surface area contributed by atoms with E-state index < -0.39 is 0 Å². The molecule has 1 unspecified atom stereocenters. The van der Waals surface area contributed by atoms with Gasteiger partial charge in [-0.05, 0) is 25.0 Å². The molecule has 1 fully saturated rings. The van der Waals surface area contributed by atoms with E-state index in [0.717, 1.165) is 12.8 Å². The first-order valence-electron chi connectivity index (χ1n) is 6.58. The van der Waals surface area contributed by atoms with E-state index in [1.165, 1.54) is 0 Å². The zero-order valence-electron chi connectivity index (χ0n) is 11.1. The number of ether oxygens (including phenoxy) is 1. The fraction of sp³-hybridized carbons (Fsp3) is 0.538. The molecular weight excluding hydrogens is 244 g/mol. The Bertz CT molecular complexity index is 438. The van der Waals surface area contributed by atoms with Crippen molar-refractivity contribution in [2.45, 2.75) is 25.9 Å². The number of nitrogens with two attached hydrogens (primary N) is 1. The highest BCUT2D eigenvalue weighted by Crippen LogP contribution is 2.13. The smallest absolute Gasteiger partial charge is 0.272 e. The molecule has 1 amide bonds. The first-order chi connectivity index (χ1) is 9.24. The molecule has 1 aromatic rings. The number of carbonyl (C=O) groups is 1. The fourth-order valence-electron chi connectivity index (χ4n) is 2.13. The summed E-state index contributed by atoms with van der Waals surface area (Å²) in [6, 6.07) is 3.38. The van der Waals surface area contributed by atoms with Gasteiger partial charge in [-0.25, -0.2) is 0 Å². The van der Waals surface area contributed by atoms with E-state index in [0.29, 0.717) is 31.1 Å². The summed E-state index contributed by atoms with van der Waals surface area (Å²) >= 11 is 0. The quantitative estimate of drug-likeness (QED) is 0.629. The number of pyridine rings is 1. The van der Waals surface area contributed by atoms with Crippen molar-refractivity contribution in [1.82, 2.24) is 9.88 Å². The van der Waals surface area contributed by atoms with Gasteiger partial charge in [-0.3, -0.25) is 15.6 Å². The molecule has 2 rings (SSSR count). The van der Waals surface area contributed by atoms with E-state index in [9.17, 15) is 4.79 Å². The van der Waals surface area contributed by atoms with Crippen LogP contribution in [0.1, 0.15) is 30.3 Å². The molecule has 1 aromatic heterocycles. The molecule has 1 atom stereocenters. The first kappa shape index (κ1) is 13.8. The average Bonchev–Trinajstić information content (AvgIpc) is 2.72. The van der Waals surface area contributed by atoms with Crippen molar-refractivity contribution in [2.75, 3.05) is 25.1 Å². The van der Waals surface area contributed by atoms with Gasteiger partial charge in [0, 0.05) is 25.9 Å². The van der Waals surface area contributed by atoms with E-state index in [4.69, 9.17) is 10.6 Å². The molecule has 104 valence electrons. The van der Waals surface area contributed by atoms with E-state index >= 15 is 0 Å². The van der Waals surface area contributed by atoms with Crippen LogP contribution in [0.4, 0.5) is 5.69 Å². The van der Waals surface area contributed by atoms with Crippen molar-refractivity contribution in [2.24, 2.45) is 5.84 Å². The van der Waals surface area contributed by atoms with Crippen LogP contribution >= 0.6 is 0 Å². The summed E-state index contributed by atoms with van der Waals surface area (Å²) < 4.78 is 5.67. The Hall–Kier alpha value is -1.66. The number of nitrogen functional groups attached to an aromatic ring is 1. The van der Waals surface area contributed by atoms with Crippen molar-refractivity contribution in [3.8, 4) is 0 Å². The molecule has 0 saturated carbocycles. The molecule has 2 heterocycles. The molecule has 0 aromatic carbocycles.